The molecule has 1 rings (SSSR count). The maximum atomic E-state index is 13.5. The van der Waals surface area contributed by atoms with Gasteiger partial charge in [-0.05, 0) is 30.7 Å². The minimum Gasteiger partial charge on any atom is -0.392 e. The normalized spacial score (nSPS) is 12.5. The fourth-order valence-electron chi connectivity index (χ4n) is 2.02. The highest BCUT2D eigenvalue weighted by molar-refractivity contribution is 5.50. The van der Waals surface area contributed by atoms with Gasteiger partial charge in [0.05, 0.1) is 19.8 Å². The average molecular weight is 271 g/mol. The molecule has 1 aromatic carbocycles. The summed E-state index contributed by atoms with van der Waals surface area (Å²) in [5.74, 6) is -0.353. The van der Waals surface area contributed by atoms with Gasteiger partial charge in [-0.3, -0.25) is 0 Å². The van der Waals surface area contributed by atoms with Crippen LogP contribution in [0.3, 0.4) is 0 Å². The summed E-state index contributed by atoms with van der Waals surface area (Å²) in [4.78, 5) is 2.01. The minimum atomic E-state index is -0.353. The van der Waals surface area contributed by atoms with Gasteiger partial charge in [0.15, 0.2) is 0 Å². The monoisotopic (exact) mass is 271 g/mol. The van der Waals surface area contributed by atoms with Crippen molar-refractivity contribution >= 4 is 5.69 Å². The summed E-state index contributed by atoms with van der Waals surface area (Å²) in [7, 11) is 3.26. The molecule has 0 fully saturated rings. The lowest BCUT2D eigenvalue weighted by atomic mass is 10.1. The van der Waals surface area contributed by atoms with Gasteiger partial charge in [-0.15, -0.1) is 0 Å². The third kappa shape index (κ3) is 4.78. The number of aliphatic hydroxyl groups is 1. The van der Waals surface area contributed by atoms with Crippen LogP contribution in [0.25, 0.3) is 0 Å². The second-order valence-electron chi connectivity index (χ2n) is 4.47. The first-order valence-corrected chi connectivity index (χ1v) is 6.27. The molecule has 108 valence electrons. The number of rotatable bonds is 8. The van der Waals surface area contributed by atoms with Gasteiger partial charge in [-0.1, -0.05) is 0 Å². The van der Waals surface area contributed by atoms with E-state index in [-0.39, 0.29) is 18.5 Å². The highest BCUT2D eigenvalue weighted by Crippen LogP contribution is 2.21. The van der Waals surface area contributed by atoms with Gasteiger partial charge in [0, 0.05) is 32.5 Å². The lowest BCUT2D eigenvalue weighted by Crippen LogP contribution is -2.38. The Kier molecular flexibility index (Phi) is 6.77. The van der Waals surface area contributed by atoms with Gasteiger partial charge in [0.1, 0.15) is 5.82 Å². The second kappa shape index (κ2) is 8.09. The molecule has 0 aliphatic heterocycles. The van der Waals surface area contributed by atoms with E-state index in [0.29, 0.717) is 25.3 Å². The Morgan fingerprint density at radius 1 is 1.26 bits per heavy atom. The largest absolute Gasteiger partial charge is 0.392 e. The third-order valence-corrected chi connectivity index (χ3v) is 2.93. The van der Waals surface area contributed by atoms with E-state index in [9.17, 15) is 4.39 Å². The Balaban J connectivity index is 2.97. The van der Waals surface area contributed by atoms with E-state index in [4.69, 9.17) is 14.6 Å². The number of hydrogen-bond acceptors (Lipinski definition) is 4. The molecule has 0 bridgehead atoms. The fraction of sp³-hybridized carbons (Fsp3) is 0.571. The molecule has 1 atom stereocenters. The maximum Gasteiger partial charge on any atom is 0.125 e. The van der Waals surface area contributed by atoms with Crippen LogP contribution in [-0.2, 0) is 16.1 Å². The molecule has 1 N–H and O–H groups in total. The Hall–Kier alpha value is -1.17. The molecule has 1 aromatic rings. The molecule has 0 aliphatic rings. The quantitative estimate of drug-likeness (QED) is 0.783. The lowest BCUT2D eigenvalue weighted by Gasteiger charge is -2.31. The number of ether oxygens (including phenoxy) is 2. The van der Waals surface area contributed by atoms with Gasteiger partial charge in [0.2, 0.25) is 0 Å². The zero-order valence-corrected chi connectivity index (χ0v) is 11.7. The molecule has 0 radical (unpaired) electrons. The van der Waals surface area contributed by atoms with Crippen molar-refractivity contribution in [3.63, 3.8) is 0 Å². The Labute approximate surface area is 113 Å². The van der Waals surface area contributed by atoms with Crippen molar-refractivity contribution < 1.29 is 19.0 Å². The van der Waals surface area contributed by atoms with Crippen LogP contribution in [0.15, 0.2) is 18.2 Å². The Morgan fingerprint density at radius 2 is 2.00 bits per heavy atom. The predicted octanol–water partition coefficient (Wildman–Crippen LogP) is 1.81. The summed E-state index contributed by atoms with van der Waals surface area (Å²) in [6.07, 6.45) is 0. The van der Waals surface area contributed by atoms with E-state index >= 15 is 0 Å². The van der Waals surface area contributed by atoms with Crippen LogP contribution >= 0.6 is 0 Å². The number of anilines is 1. The van der Waals surface area contributed by atoms with Crippen LogP contribution in [0.1, 0.15) is 12.5 Å². The van der Waals surface area contributed by atoms with Gasteiger partial charge >= 0.3 is 0 Å². The molecular formula is C14H22FNO3. The molecular weight excluding hydrogens is 249 g/mol. The number of hydrogen-bond donors (Lipinski definition) is 1. The summed E-state index contributed by atoms with van der Waals surface area (Å²) < 4.78 is 23.8. The van der Waals surface area contributed by atoms with Crippen LogP contribution in [0, 0.1) is 5.82 Å². The minimum absolute atomic E-state index is 0.0912. The molecule has 0 saturated heterocycles. The fourth-order valence-corrected chi connectivity index (χ4v) is 2.02. The van der Waals surface area contributed by atoms with E-state index in [2.05, 4.69) is 0 Å². The number of aliphatic hydroxyl groups excluding tert-OH is 1. The topological polar surface area (TPSA) is 41.9 Å². The molecule has 0 aromatic heterocycles. The highest BCUT2D eigenvalue weighted by Gasteiger charge is 2.15. The molecule has 0 saturated carbocycles. The predicted molar refractivity (Wildman–Crippen MR) is 72.9 cm³/mol. The summed E-state index contributed by atoms with van der Waals surface area (Å²) in [5, 5.41) is 9.15. The molecule has 19 heavy (non-hydrogen) atoms. The van der Waals surface area contributed by atoms with Crippen molar-refractivity contribution in [3.05, 3.63) is 29.6 Å². The number of halogens is 1. The lowest BCUT2D eigenvalue weighted by molar-refractivity contribution is 0.171. The molecule has 0 spiro atoms. The highest BCUT2D eigenvalue weighted by atomic mass is 19.1. The first-order chi connectivity index (χ1) is 9.12. The SMILES string of the molecule is COCCN(c1cc(F)cc(CO)c1)C(C)COC. The van der Waals surface area contributed by atoms with Crippen LogP contribution in [0.4, 0.5) is 10.1 Å². The van der Waals surface area contributed by atoms with E-state index < -0.39 is 0 Å². The van der Waals surface area contributed by atoms with Gasteiger partial charge in [-0.2, -0.15) is 0 Å². The van der Waals surface area contributed by atoms with Crippen molar-refractivity contribution in [2.75, 3.05) is 38.9 Å². The van der Waals surface area contributed by atoms with Crippen LogP contribution in [0.5, 0.6) is 0 Å². The average Bonchev–Trinajstić information content (AvgIpc) is 2.39. The summed E-state index contributed by atoms with van der Waals surface area (Å²) in [6, 6.07) is 4.67. The Morgan fingerprint density at radius 3 is 2.58 bits per heavy atom. The van der Waals surface area contributed by atoms with E-state index in [1.54, 1.807) is 20.3 Å². The standard InChI is InChI=1S/C14H22FNO3/c1-11(10-19-3)16(4-5-18-2)14-7-12(9-17)6-13(15)8-14/h6-8,11,17H,4-5,9-10H2,1-3H3. The molecule has 1 unspecified atom stereocenters. The molecule has 0 heterocycles. The smallest absolute Gasteiger partial charge is 0.125 e. The van der Waals surface area contributed by atoms with Crippen LogP contribution in [-0.4, -0.2) is 45.1 Å². The van der Waals surface area contributed by atoms with Gasteiger partial charge in [0.25, 0.3) is 0 Å². The number of methoxy groups -OCH3 is 2. The van der Waals surface area contributed by atoms with Crippen molar-refractivity contribution in [1.29, 1.82) is 0 Å². The first kappa shape index (κ1) is 15.9. The summed E-state index contributed by atoms with van der Waals surface area (Å²) in [5.41, 5.74) is 1.28. The Bertz CT molecular complexity index is 387. The van der Waals surface area contributed by atoms with Crippen molar-refractivity contribution in [2.24, 2.45) is 0 Å². The second-order valence-corrected chi connectivity index (χ2v) is 4.47. The van der Waals surface area contributed by atoms with Crippen molar-refractivity contribution in [1.82, 2.24) is 0 Å². The third-order valence-electron chi connectivity index (χ3n) is 2.93. The zero-order chi connectivity index (χ0) is 14.3. The van der Waals surface area contributed by atoms with Crippen LogP contribution < -0.4 is 4.90 Å². The van der Waals surface area contributed by atoms with Crippen LogP contribution in [0.2, 0.25) is 0 Å². The van der Waals surface area contributed by atoms with E-state index in [1.807, 2.05) is 11.8 Å². The molecule has 4 nitrogen and oxygen atoms in total. The van der Waals surface area contributed by atoms with E-state index in [0.717, 1.165) is 5.69 Å². The molecule has 0 amide bonds. The van der Waals surface area contributed by atoms with Gasteiger partial charge in [-0.25, -0.2) is 4.39 Å². The molecule has 0 aliphatic carbocycles. The van der Waals surface area contributed by atoms with E-state index in [1.165, 1.54) is 12.1 Å². The first-order valence-electron chi connectivity index (χ1n) is 6.27. The maximum absolute atomic E-state index is 13.5. The molecule has 5 heteroatoms. The van der Waals surface area contributed by atoms with Gasteiger partial charge < -0.3 is 19.5 Å². The summed E-state index contributed by atoms with van der Waals surface area (Å²) in [6.45, 7) is 3.54. The summed E-state index contributed by atoms with van der Waals surface area (Å²) >= 11 is 0. The number of benzene rings is 1. The van der Waals surface area contributed by atoms with Crippen molar-refractivity contribution in [2.45, 2.75) is 19.6 Å². The zero-order valence-electron chi connectivity index (χ0n) is 11.7. The van der Waals surface area contributed by atoms with Crippen molar-refractivity contribution in [3.8, 4) is 0 Å². The number of nitrogens with zero attached hydrogens (tertiary/aromatic N) is 1.